The van der Waals surface area contributed by atoms with Crippen molar-refractivity contribution in [2.45, 2.75) is 37.8 Å². The van der Waals surface area contributed by atoms with Gasteiger partial charge in [0.15, 0.2) is 0 Å². The molecule has 0 aromatic heterocycles. The SMILES string of the molecule is NCCN(CC(=O)NC1CCOCC1)C1CC1. The van der Waals surface area contributed by atoms with Gasteiger partial charge < -0.3 is 15.8 Å². The Kier molecular flexibility index (Phi) is 4.76. The first-order valence-electron chi connectivity index (χ1n) is 6.61. The summed E-state index contributed by atoms with van der Waals surface area (Å²) in [6, 6.07) is 0.897. The number of amides is 1. The Morgan fingerprint density at radius 1 is 1.29 bits per heavy atom. The van der Waals surface area contributed by atoms with E-state index < -0.39 is 0 Å². The van der Waals surface area contributed by atoms with Crippen molar-refractivity contribution in [2.75, 3.05) is 32.8 Å². The van der Waals surface area contributed by atoms with E-state index in [0.717, 1.165) is 32.6 Å². The van der Waals surface area contributed by atoms with E-state index in [0.29, 0.717) is 25.2 Å². The van der Waals surface area contributed by atoms with Gasteiger partial charge in [-0.15, -0.1) is 0 Å². The van der Waals surface area contributed by atoms with Crippen molar-refractivity contribution in [1.82, 2.24) is 10.2 Å². The third-order valence-electron chi connectivity index (χ3n) is 3.41. The highest BCUT2D eigenvalue weighted by atomic mass is 16.5. The molecule has 5 heteroatoms. The molecule has 17 heavy (non-hydrogen) atoms. The van der Waals surface area contributed by atoms with E-state index in [-0.39, 0.29) is 5.91 Å². The number of rotatable bonds is 6. The molecule has 0 unspecified atom stereocenters. The molecule has 98 valence electrons. The Balaban J connectivity index is 1.70. The van der Waals surface area contributed by atoms with Crippen LogP contribution in [0.15, 0.2) is 0 Å². The van der Waals surface area contributed by atoms with E-state index in [1.54, 1.807) is 0 Å². The van der Waals surface area contributed by atoms with Crippen LogP contribution in [0.3, 0.4) is 0 Å². The summed E-state index contributed by atoms with van der Waals surface area (Å²) in [5.41, 5.74) is 5.57. The highest BCUT2D eigenvalue weighted by Gasteiger charge is 2.30. The molecule has 1 heterocycles. The highest BCUT2D eigenvalue weighted by molar-refractivity contribution is 5.78. The Hall–Kier alpha value is -0.650. The summed E-state index contributed by atoms with van der Waals surface area (Å²) < 4.78 is 5.27. The van der Waals surface area contributed by atoms with Gasteiger partial charge in [-0.3, -0.25) is 9.69 Å². The lowest BCUT2D eigenvalue weighted by atomic mass is 10.1. The molecule has 2 aliphatic rings. The van der Waals surface area contributed by atoms with Gasteiger partial charge in [0.25, 0.3) is 0 Å². The van der Waals surface area contributed by atoms with Gasteiger partial charge in [-0.1, -0.05) is 0 Å². The van der Waals surface area contributed by atoms with E-state index in [2.05, 4.69) is 10.2 Å². The number of ether oxygens (including phenoxy) is 1. The quantitative estimate of drug-likeness (QED) is 0.670. The Morgan fingerprint density at radius 2 is 2.00 bits per heavy atom. The summed E-state index contributed by atoms with van der Waals surface area (Å²) in [5.74, 6) is 0.136. The zero-order valence-electron chi connectivity index (χ0n) is 10.4. The molecule has 3 N–H and O–H groups in total. The first kappa shape index (κ1) is 12.8. The predicted octanol–water partition coefficient (Wildman–Crippen LogP) is -0.295. The highest BCUT2D eigenvalue weighted by Crippen LogP contribution is 2.25. The third kappa shape index (κ3) is 4.26. The normalized spacial score (nSPS) is 21.8. The van der Waals surface area contributed by atoms with E-state index in [1.165, 1.54) is 12.8 Å². The zero-order chi connectivity index (χ0) is 12.1. The van der Waals surface area contributed by atoms with E-state index in [4.69, 9.17) is 10.5 Å². The fourth-order valence-electron chi connectivity index (χ4n) is 2.30. The second-order valence-electron chi connectivity index (χ2n) is 4.94. The average molecular weight is 241 g/mol. The summed E-state index contributed by atoms with van der Waals surface area (Å²) in [6.45, 7) is 3.48. The van der Waals surface area contributed by atoms with E-state index >= 15 is 0 Å². The largest absolute Gasteiger partial charge is 0.381 e. The molecular weight excluding hydrogens is 218 g/mol. The van der Waals surface area contributed by atoms with E-state index in [9.17, 15) is 4.79 Å². The monoisotopic (exact) mass is 241 g/mol. The zero-order valence-corrected chi connectivity index (χ0v) is 10.4. The Morgan fingerprint density at radius 3 is 2.59 bits per heavy atom. The minimum absolute atomic E-state index is 0.136. The summed E-state index contributed by atoms with van der Waals surface area (Å²) >= 11 is 0. The number of nitrogens with one attached hydrogen (secondary N) is 1. The van der Waals surface area contributed by atoms with Crippen molar-refractivity contribution < 1.29 is 9.53 Å². The molecule has 1 aliphatic heterocycles. The van der Waals surface area contributed by atoms with Crippen LogP contribution >= 0.6 is 0 Å². The van der Waals surface area contributed by atoms with Crippen LogP contribution in [0, 0.1) is 0 Å². The smallest absolute Gasteiger partial charge is 0.234 e. The van der Waals surface area contributed by atoms with Crippen LogP contribution in [0.25, 0.3) is 0 Å². The van der Waals surface area contributed by atoms with Crippen molar-refractivity contribution in [3.8, 4) is 0 Å². The first-order valence-corrected chi connectivity index (χ1v) is 6.61. The van der Waals surface area contributed by atoms with Crippen LogP contribution < -0.4 is 11.1 Å². The van der Waals surface area contributed by atoms with Gasteiger partial charge in [-0.25, -0.2) is 0 Å². The van der Waals surface area contributed by atoms with Crippen molar-refractivity contribution in [2.24, 2.45) is 5.73 Å². The van der Waals surface area contributed by atoms with E-state index in [1.807, 2.05) is 0 Å². The lowest BCUT2D eigenvalue weighted by molar-refractivity contribution is -0.123. The molecule has 0 aromatic rings. The minimum Gasteiger partial charge on any atom is -0.381 e. The number of nitrogens with zero attached hydrogens (tertiary/aromatic N) is 1. The van der Waals surface area contributed by atoms with Crippen LogP contribution in [0.5, 0.6) is 0 Å². The maximum absolute atomic E-state index is 11.9. The van der Waals surface area contributed by atoms with Crippen molar-refractivity contribution >= 4 is 5.91 Å². The van der Waals surface area contributed by atoms with Gasteiger partial charge in [0.05, 0.1) is 6.54 Å². The molecule has 1 aliphatic carbocycles. The molecule has 2 rings (SSSR count). The molecule has 1 amide bonds. The van der Waals surface area contributed by atoms with Crippen LogP contribution in [0.1, 0.15) is 25.7 Å². The number of carbonyl (C=O) groups is 1. The Bertz CT molecular complexity index is 250. The first-order chi connectivity index (χ1) is 8.29. The summed E-state index contributed by atoms with van der Waals surface area (Å²) in [5, 5.41) is 3.09. The van der Waals surface area contributed by atoms with Crippen LogP contribution in [0.4, 0.5) is 0 Å². The molecule has 0 radical (unpaired) electrons. The number of nitrogens with two attached hydrogens (primary N) is 1. The van der Waals surface area contributed by atoms with Crippen LogP contribution in [-0.4, -0.2) is 55.7 Å². The van der Waals surface area contributed by atoms with Gasteiger partial charge in [0.2, 0.25) is 5.91 Å². The minimum atomic E-state index is 0.136. The third-order valence-corrected chi connectivity index (χ3v) is 3.41. The van der Waals surface area contributed by atoms with Gasteiger partial charge >= 0.3 is 0 Å². The molecule has 0 bridgehead atoms. The van der Waals surface area contributed by atoms with Gasteiger partial charge in [0, 0.05) is 38.4 Å². The second kappa shape index (κ2) is 6.33. The standard InChI is InChI=1S/C12H23N3O2/c13-5-6-15(11-1-2-11)9-12(16)14-10-3-7-17-8-4-10/h10-11H,1-9,13H2,(H,14,16). The molecule has 5 nitrogen and oxygen atoms in total. The fraction of sp³-hybridized carbons (Fsp3) is 0.917. The number of carbonyl (C=O) groups excluding carboxylic acids is 1. The molecule has 1 saturated heterocycles. The lowest BCUT2D eigenvalue weighted by Gasteiger charge is -2.25. The maximum atomic E-state index is 11.9. The second-order valence-corrected chi connectivity index (χ2v) is 4.94. The molecule has 0 atom stereocenters. The number of hydrogen-bond donors (Lipinski definition) is 2. The van der Waals surface area contributed by atoms with Gasteiger partial charge in [-0.2, -0.15) is 0 Å². The van der Waals surface area contributed by atoms with Crippen LogP contribution in [0.2, 0.25) is 0 Å². The fourth-order valence-corrected chi connectivity index (χ4v) is 2.30. The van der Waals surface area contributed by atoms with Crippen molar-refractivity contribution in [3.63, 3.8) is 0 Å². The topological polar surface area (TPSA) is 67.6 Å². The molecule has 0 spiro atoms. The van der Waals surface area contributed by atoms with Gasteiger partial charge in [0.1, 0.15) is 0 Å². The summed E-state index contributed by atoms with van der Waals surface area (Å²) in [6.07, 6.45) is 4.30. The predicted molar refractivity (Wildman–Crippen MR) is 65.6 cm³/mol. The number of hydrogen-bond acceptors (Lipinski definition) is 4. The molecular formula is C12H23N3O2. The molecule has 0 aromatic carbocycles. The van der Waals surface area contributed by atoms with Gasteiger partial charge in [-0.05, 0) is 25.7 Å². The van der Waals surface area contributed by atoms with Crippen molar-refractivity contribution in [3.05, 3.63) is 0 Å². The molecule has 1 saturated carbocycles. The summed E-state index contributed by atoms with van der Waals surface area (Å²) in [4.78, 5) is 14.1. The maximum Gasteiger partial charge on any atom is 0.234 e. The van der Waals surface area contributed by atoms with Crippen LogP contribution in [-0.2, 0) is 9.53 Å². The molecule has 2 fully saturated rings. The Labute approximate surface area is 103 Å². The summed E-state index contributed by atoms with van der Waals surface area (Å²) in [7, 11) is 0. The average Bonchev–Trinajstić information content (AvgIpc) is 3.13. The van der Waals surface area contributed by atoms with Crippen molar-refractivity contribution in [1.29, 1.82) is 0 Å². The lowest BCUT2D eigenvalue weighted by Crippen LogP contribution is -2.45.